The molecule has 0 spiro atoms. The van der Waals surface area contributed by atoms with E-state index in [-0.39, 0.29) is 13.2 Å². The highest BCUT2D eigenvalue weighted by molar-refractivity contribution is 5.01. The normalized spacial score (nSPS) is 12.2. The van der Waals surface area contributed by atoms with Crippen LogP contribution in [-0.4, -0.2) is 24.4 Å². The summed E-state index contributed by atoms with van der Waals surface area (Å²) in [5, 5.41) is 8.88. The zero-order valence-corrected chi connectivity index (χ0v) is 5.92. The first-order valence-electron chi connectivity index (χ1n) is 3.03. The van der Waals surface area contributed by atoms with Crippen LogP contribution in [0.25, 0.3) is 0 Å². The Bertz CT molecular complexity index is 123. The molecule has 3 N–H and O–H groups in total. The lowest BCUT2D eigenvalue weighted by Gasteiger charge is -2.08. The standard InChI is InChI=1S/C7H13NO2/c1-3-6(2)10-5-7(9)4-8/h3,7,9H,1-2,4-5,8H2. The Hall–Kier alpha value is -0.800. The van der Waals surface area contributed by atoms with Gasteiger partial charge in [0.1, 0.15) is 18.5 Å². The van der Waals surface area contributed by atoms with Gasteiger partial charge in [0.05, 0.1) is 0 Å². The monoisotopic (exact) mass is 143 g/mol. The van der Waals surface area contributed by atoms with Crippen LogP contribution >= 0.6 is 0 Å². The molecule has 0 aromatic heterocycles. The van der Waals surface area contributed by atoms with Gasteiger partial charge >= 0.3 is 0 Å². The van der Waals surface area contributed by atoms with E-state index in [0.717, 1.165) is 0 Å². The van der Waals surface area contributed by atoms with Crippen molar-refractivity contribution < 1.29 is 9.84 Å². The van der Waals surface area contributed by atoms with Crippen molar-refractivity contribution in [2.45, 2.75) is 6.10 Å². The maximum absolute atomic E-state index is 8.88. The Morgan fingerprint density at radius 1 is 1.80 bits per heavy atom. The maximum Gasteiger partial charge on any atom is 0.115 e. The second kappa shape index (κ2) is 5.02. The first kappa shape index (κ1) is 9.20. The Morgan fingerprint density at radius 2 is 2.40 bits per heavy atom. The number of aliphatic hydroxyl groups excluding tert-OH is 1. The second-order valence-corrected chi connectivity index (χ2v) is 1.87. The predicted molar refractivity (Wildman–Crippen MR) is 40.4 cm³/mol. The molecule has 0 saturated carbocycles. The van der Waals surface area contributed by atoms with Crippen molar-refractivity contribution >= 4 is 0 Å². The molecule has 0 heterocycles. The summed E-state index contributed by atoms with van der Waals surface area (Å²) in [6.07, 6.45) is 0.861. The SMILES string of the molecule is C=CC(=C)OCC(O)CN. The molecule has 58 valence electrons. The average Bonchev–Trinajstić information content (AvgIpc) is 1.99. The van der Waals surface area contributed by atoms with Gasteiger partial charge < -0.3 is 15.6 Å². The van der Waals surface area contributed by atoms with Crippen LogP contribution in [0.2, 0.25) is 0 Å². The van der Waals surface area contributed by atoms with E-state index in [1.807, 2.05) is 0 Å². The van der Waals surface area contributed by atoms with Crippen LogP contribution in [0.4, 0.5) is 0 Å². The highest BCUT2D eigenvalue weighted by atomic mass is 16.5. The smallest absolute Gasteiger partial charge is 0.115 e. The lowest BCUT2D eigenvalue weighted by Crippen LogP contribution is -2.24. The molecule has 0 aliphatic rings. The molecule has 10 heavy (non-hydrogen) atoms. The van der Waals surface area contributed by atoms with Crippen LogP contribution in [0.1, 0.15) is 0 Å². The third kappa shape index (κ3) is 4.12. The third-order valence-electron chi connectivity index (χ3n) is 0.961. The van der Waals surface area contributed by atoms with Gasteiger partial charge in [0, 0.05) is 6.54 Å². The maximum atomic E-state index is 8.88. The first-order valence-corrected chi connectivity index (χ1v) is 3.03. The summed E-state index contributed by atoms with van der Waals surface area (Å²) >= 11 is 0. The second-order valence-electron chi connectivity index (χ2n) is 1.87. The fourth-order valence-electron chi connectivity index (χ4n) is 0.330. The predicted octanol–water partition coefficient (Wildman–Crippen LogP) is 0.0223. The molecule has 0 aliphatic carbocycles. The van der Waals surface area contributed by atoms with Crippen LogP contribution < -0.4 is 5.73 Å². The van der Waals surface area contributed by atoms with Crippen molar-refractivity contribution in [1.82, 2.24) is 0 Å². The van der Waals surface area contributed by atoms with Gasteiger partial charge in [-0.2, -0.15) is 0 Å². The van der Waals surface area contributed by atoms with Crippen molar-refractivity contribution in [2.75, 3.05) is 13.2 Å². The third-order valence-corrected chi connectivity index (χ3v) is 0.961. The largest absolute Gasteiger partial charge is 0.491 e. The molecule has 0 fully saturated rings. The summed E-state index contributed by atoms with van der Waals surface area (Å²) in [5.41, 5.74) is 5.11. The zero-order valence-electron chi connectivity index (χ0n) is 5.92. The number of hydrogen-bond acceptors (Lipinski definition) is 3. The Kier molecular flexibility index (Phi) is 4.62. The molecule has 0 aromatic rings. The van der Waals surface area contributed by atoms with Gasteiger partial charge in [-0.15, -0.1) is 0 Å². The molecular weight excluding hydrogens is 130 g/mol. The molecule has 0 aliphatic heterocycles. The zero-order chi connectivity index (χ0) is 7.98. The minimum absolute atomic E-state index is 0.182. The fourth-order valence-corrected chi connectivity index (χ4v) is 0.330. The van der Waals surface area contributed by atoms with E-state index in [0.29, 0.717) is 5.76 Å². The van der Waals surface area contributed by atoms with Crippen molar-refractivity contribution in [1.29, 1.82) is 0 Å². The van der Waals surface area contributed by atoms with Gasteiger partial charge in [0.25, 0.3) is 0 Å². The Morgan fingerprint density at radius 3 is 2.80 bits per heavy atom. The van der Waals surface area contributed by atoms with Crippen LogP contribution in [-0.2, 0) is 4.74 Å². The van der Waals surface area contributed by atoms with Gasteiger partial charge in [-0.3, -0.25) is 0 Å². The van der Waals surface area contributed by atoms with E-state index in [4.69, 9.17) is 15.6 Å². The van der Waals surface area contributed by atoms with E-state index in [1.54, 1.807) is 0 Å². The Balaban J connectivity index is 3.34. The summed E-state index contributed by atoms with van der Waals surface area (Å²) in [6, 6.07) is 0. The molecule has 3 heteroatoms. The molecule has 0 radical (unpaired) electrons. The summed E-state index contributed by atoms with van der Waals surface area (Å²) in [7, 11) is 0. The van der Waals surface area contributed by atoms with Crippen LogP contribution in [0.3, 0.4) is 0 Å². The molecule has 0 rings (SSSR count). The van der Waals surface area contributed by atoms with E-state index in [2.05, 4.69) is 13.2 Å². The van der Waals surface area contributed by atoms with Crippen molar-refractivity contribution in [3.63, 3.8) is 0 Å². The molecular formula is C7H13NO2. The number of ether oxygens (including phenoxy) is 1. The van der Waals surface area contributed by atoms with E-state index in [1.165, 1.54) is 6.08 Å². The molecule has 0 amide bonds. The van der Waals surface area contributed by atoms with Crippen molar-refractivity contribution in [2.24, 2.45) is 5.73 Å². The topological polar surface area (TPSA) is 55.5 Å². The quantitative estimate of drug-likeness (QED) is 0.421. The molecule has 3 nitrogen and oxygen atoms in total. The minimum atomic E-state index is -0.614. The minimum Gasteiger partial charge on any atom is -0.491 e. The Labute approximate surface area is 60.8 Å². The van der Waals surface area contributed by atoms with E-state index < -0.39 is 6.10 Å². The lowest BCUT2D eigenvalue weighted by molar-refractivity contribution is 0.0820. The molecule has 0 bridgehead atoms. The number of hydrogen-bond donors (Lipinski definition) is 2. The van der Waals surface area contributed by atoms with Gasteiger partial charge in [0.2, 0.25) is 0 Å². The number of allylic oxidation sites excluding steroid dienone is 1. The van der Waals surface area contributed by atoms with Crippen molar-refractivity contribution in [3.05, 3.63) is 25.0 Å². The number of rotatable bonds is 5. The summed E-state index contributed by atoms with van der Waals surface area (Å²) in [5.74, 6) is 0.451. The average molecular weight is 143 g/mol. The molecule has 0 aromatic carbocycles. The van der Waals surface area contributed by atoms with Crippen LogP contribution in [0.15, 0.2) is 25.0 Å². The summed E-state index contributed by atoms with van der Waals surface area (Å²) in [4.78, 5) is 0. The van der Waals surface area contributed by atoms with Crippen LogP contribution in [0.5, 0.6) is 0 Å². The molecule has 1 unspecified atom stereocenters. The van der Waals surface area contributed by atoms with Crippen molar-refractivity contribution in [3.8, 4) is 0 Å². The lowest BCUT2D eigenvalue weighted by atomic mass is 10.4. The van der Waals surface area contributed by atoms with Gasteiger partial charge in [-0.25, -0.2) is 0 Å². The first-order chi connectivity index (χ1) is 4.70. The summed E-state index contributed by atoms with van der Waals surface area (Å²) < 4.78 is 4.90. The van der Waals surface area contributed by atoms with Gasteiger partial charge in [-0.05, 0) is 6.08 Å². The number of nitrogens with two attached hydrogens (primary N) is 1. The highest BCUT2D eigenvalue weighted by Crippen LogP contribution is 1.94. The van der Waals surface area contributed by atoms with Gasteiger partial charge in [0.15, 0.2) is 0 Å². The van der Waals surface area contributed by atoms with E-state index in [9.17, 15) is 0 Å². The fraction of sp³-hybridized carbons (Fsp3) is 0.429. The van der Waals surface area contributed by atoms with E-state index >= 15 is 0 Å². The van der Waals surface area contributed by atoms with Crippen LogP contribution in [0, 0.1) is 0 Å². The van der Waals surface area contributed by atoms with Gasteiger partial charge in [-0.1, -0.05) is 13.2 Å². The highest BCUT2D eigenvalue weighted by Gasteiger charge is 1.99. The number of aliphatic hydroxyl groups is 1. The molecule has 0 saturated heterocycles. The summed E-state index contributed by atoms with van der Waals surface area (Å²) in [6.45, 7) is 7.29. The molecule has 1 atom stereocenters.